The number of methoxy groups -OCH3 is 1. The van der Waals surface area contributed by atoms with E-state index in [-0.39, 0.29) is 23.0 Å². The fourth-order valence-electron chi connectivity index (χ4n) is 4.45. The minimum atomic E-state index is -4.14. The molecule has 0 radical (unpaired) electrons. The predicted octanol–water partition coefficient (Wildman–Crippen LogP) is 5.23. The highest BCUT2D eigenvalue weighted by Gasteiger charge is 2.33. The number of carbonyl (C=O) groups excluding carboxylic acids is 2. The zero-order chi connectivity index (χ0) is 30.0. The lowest BCUT2D eigenvalue weighted by atomic mass is 10.1. The molecule has 0 bridgehead atoms. The summed E-state index contributed by atoms with van der Waals surface area (Å²) in [7, 11) is -2.65. The van der Waals surface area contributed by atoms with Crippen LogP contribution in [0.3, 0.4) is 0 Å². The van der Waals surface area contributed by atoms with Crippen LogP contribution in [-0.4, -0.2) is 51.4 Å². The van der Waals surface area contributed by atoms with Crippen LogP contribution in [0.1, 0.15) is 49.8 Å². The van der Waals surface area contributed by atoms with E-state index in [0.29, 0.717) is 18.7 Å². The zero-order valence-electron chi connectivity index (χ0n) is 24.6. The number of ether oxygens (including phenoxy) is 1. The summed E-state index contributed by atoms with van der Waals surface area (Å²) in [6.07, 6.45) is 2.13. The van der Waals surface area contributed by atoms with Crippen LogP contribution in [0.25, 0.3) is 0 Å². The van der Waals surface area contributed by atoms with E-state index in [2.05, 4.69) is 5.32 Å². The van der Waals surface area contributed by atoms with Gasteiger partial charge in [0.25, 0.3) is 10.0 Å². The second kappa shape index (κ2) is 14.7. The smallest absolute Gasteiger partial charge is 0.264 e. The lowest BCUT2D eigenvalue weighted by Gasteiger charge is -2.33. The molecule has 9 heteroatoms. The zero-order valence-corrected chi connectivity index (χ0v) is 25.4. The maximum Gasteiger partial charge on any atom is 0.264 e. The van der Waals surface area contributed by atoms with Gasteiger partial charge in [0.2, 0.25) is 11.8 Å². The molecular weight excluding hydrogens is 538 g/mol. The summed E-state index contributed by atoms with van der Waals surface area (Å²) in [4.78, 5) is 29.0. The number of benzene rings is 3. The van der Waals surface area contributed by atoms with Crippen molar-refractivity contribution in [2.75, 3.05) is 24.5 Å². The van der Waals surface area contributed by atoms with Crippen molar-refractivity contribution in [3.8, 4) is 5.75 Å². The van der Waals surface area contributed by atoms with E-state index >= 15 is 0 Å². The Labute approximate surface area is 244 Å². The van der Waals surface area contributed by atoms with Crippen molar-refractivity contribution in [1.29, 1.82) is 0 Å². The number of hydrogen-bond acceptors (Lipinski definition) is 5. The number of hydrogen-bond donors (Lipinski definition) is 1. The third-order valence-corrected chi connectivity index (χ3v) is 8.71. The second-order valence-electron chi connectivity index (χ2n) is 10.1. The highest BCUT2D eigenvalue weighted by atomic mass is 32.2. The Bertz CT molecular complexity index is 1410. The Morgan fingerprint density at radius 2 is 1.56 bits per heavy atom. The highest BCUT2D eigenvalue weighted by molar-refractivity contribution is 7.92. The quantitative estimate of drug-likeness (QED) is 0.264. The summed E-state index contributed by atoms with van der Waals surface area (Å²) >= 11 is 0. The van der Waals surface area contributed by atoms with Gasteiger partial charge in [0.15, 0.2) is 0 Å². The Morgan fingerprint density at radius 3 is 2.15 bits per heavy atom. The number of nitrogens with one attached hydrogen (secondary N) is 1. The van der Waals surface area contributed by atoms with Gasteiger partial charge in [0, 0.05) is 19.2 Å². The molecule has 1 N–H and O–H groups in total. The van der Waals surface area contributed by atoms with Gasteiger partial charge in [0.05, 0.1) is 17.7 Å². The number of nitrogens with zero attached hydrogens (tertiary/aromatic N) is 2. The third kappa shape index (κ3) is 8.33. The van der Waals surface area contributed by atoms with E-state index in [1.165, 1.54) is 24.1 Å². The fraction of sp³-hybridized carbons (Fsp3) is 0.375. The minimum Gasteiger partial charge on any atom is -0.497 e. The first-order valence-corrected chi connectivity index (χ1v) is 15.4. The molecule has 0 fully saturated rings. The summed E-state index contributed by atoms with van der Waals surface area (Å²) in [5.74, 6) is -0.283. The van der Waals surface area contributed by atoms with Gasteiger partial charge >= 0.3 is 0 Å². The molecule has 0 saturated carbocycles. The average molecular weight is 580 g/mol. The molecule has 0 aliphatic rings. The Kier molecular flexibility index (Phi) is 11.3. The van der Waals surface area contributed by atoms with Gasteiger partial charge in [-0.05, 0) is 56.5 Å². The van der Waals surface area contributed by atoms with Crippen molar-refractivity contribution in [3.05, 3.63) is 89.5 Å². The minimum absolute atomic E-state index is 0.0631. The van der Waals surface area contributed by atoms with E-state index in [1.54, 1.807) is 36.4 Å². The summed E-state index contributed by atoms with van der Waals surface area (Å²) < 4.78 is 34.4. The van der Waals surface area contributed by atoms with Crippen molar-refractivity contribution in [1.82, 2.24) is 10.2 Å². The highest BCUT2D eigenvalue weighted by Crippen LogP contribution is 2.28. The molecule has 0 aliphatic heterocycles. The lowest BCUT2D eigenvalue weighted by molar-refractivity contribution is -0.140. The molecule has 3 aromatic rings. The number of anilines is 1. The average Bonchev–Trinajstić information content (AvgIpc) is 2.97. The summed E-state index contributed by atoms with van der Waals surface area (Å²) in [5.41, 5.74) is 3.12. The van der Waals surface area contributed by atoms with Crippen LogP contribution in [0.4, 0.5) is 5.69 Å². The molecule has 0 unspecified atom stereocenters. The molecule has 220 valence electrons. The number of aryl methyl sites for hydroxylation is 2. The standard InChI is InChI=1S/C32H41N3O5S/c1-6-8-20-33-32(37)30(7-2)34(22-26-16-12-24(3)13-17-26)31(36)23-35(27-10-9-11-28(21-27)40-5)41(38,39)29-18-14-25(4)15-19-29/h9-19,21,30H,6-8,20,22-23H2,1-5H3,(H,33,37)/t30-/m1/s1. The predicted molar refractivity (Wildman–Crippen MR) is 162 cm³/mol. The van der Waals surface area contributed by atoms with E-state index < -0.39 is 28.5 Å². The number of carbonyl (C=O) groups is 2. The van der Waals surface area contributed by atoms with E-state index in [9.17, 15) is 18.0 Å². The molecule has 0 aromatic heterocycles. The van der Waals surface area contributed by atoms with Crippen molar-refractivity contribution in [3.63, 3.8) is 0 Å². The van der Waals surface area contributed by atoms with E-state index in [1.807, 2.05) is 52.0 Å². The molecule has 0 heterocycles. The van der Waals surface area contributed by atoms with Crippen LogP contribution in [0, 0.1) is 13.8 Å². The number of unbranched alkanes of at least 4 members (excludes halogenated alkanes) is 1. The van der Waals surface area contributed by atoms with E-state index in [0.717, 1.165) is 33.8 Å². The van der Waals surface area contributed by atoms with Crippen LogP contribution >= 0.6 is 0 Å². The normalized spacial score (nSPS) is 11.9. The monoisotopic (exact) mass is 579 g/mol. The molecule has 41 heavy (non-hydrogen) atoms. The number of rotatable bonds is 14. The van der Waals surface area contributed by atoms with Crippen LogP contribution in [0.15, 0.2) is 77.7 Å². The van der Waals surface area contributed by atoms with Crippen LogP contribution in [-0.2, 0) is 26.2 Å². The number of sulfonamides is 1. The second-order valence-corrected chi connectivity index (χ2v) is 12.0. The molecule has 3 aromatic carbocycles. The molecule has 1 atom stereocenters. The van der Waals surface area contributed by atoms with Gasteiger partial charge < -0.3 is 15.0 Å². The largest absolute Gasteiger partial charge is 0.497 e. The van der Waals surface area contributed by atoms with Crippen LogP contribution < -0.4 is 14.4 Å². The maximum atomic E-state index is 14.1. The molecular formula is C32H41N3O5S. The van der Waals surface area contributed by atoms with E-state index in [4.69, 9.17) is 4.74 Å². The Hall–Kier alpha value is -3.85. The van der Waals surface area contributed by atoms with Crippen molar-refractivity contribution < 1.29 is 22.7 Å². The summed E-state index contributed by atoms with van der Waals surface area (Å²) in [5, 5.41) is 2.95. The first-order chi connectivity index (χ1) is 19.6. The third-order valence-electron chi connectivity index (χ3n) is 6.92. The number of amides is 2. The summed E-state index contributed by atoms with van der Waals surface area (Å²) in [6.45, 7) is 7.92. The first kappa shape index (κ1) is 31.7. The fourth-order valence-corrected chi connectivity index (χ4v) is 5.85. The SMILES string of the molecule is CCCCNC(=O)[C@@H](CC)N(Cc1ccc(C)cc1)C(=O)CN(c1cccc(OC)c1)S(=O)(=O)c1ccc(C)cc1. The van der Waals surface area contributed by atoms with Crippen molar-refractivity contribution >= 4 is 27.5 Å². The summed E-state index contributed by atoms with van der Waals surface area (Å²) in [6, 6.07) is 20.1. The Balaban J connectivity index is 2.05. The van der Waals surface area contributed by atoms with Gasteiger partial charge in [-0.25, -0.2) is 8.42 Å². The first-order valence-electron chi connectivity index (χ1n) is 14.0. The maximum absolute atomic E-state index is 14.1. The molecule has 0 saturated heterocycles. The van der Waals surface area contributed by atoms with Crippen LogP contribution in [0.2, 0.25) is 0 Å². The molecule has 2 amide bonds. The molecule has 0 spiro atoms. The van der Waals surface area contributed by atoms with Crippen LogP contribution in [0.5, 0.6) is 5.75 Å². The molecule has 8 nitrogen and oxygen atoms in total. The van der Waals surface area contributed by atoms with Gasteiger partial charge in [-0.15, -0.1) is 0 Å². The van der Waals surface area contributed by atoms with Crippen molar-refractivity contribution in [2.24, 2.45) is 0 Å². The Morgan fingerprint density at radius 1 is 0.927 bits per heavy atom. The topological polar surface area (TPSA) is 96.0 Å². The molecule has 0 aliphatic carbocycles. The van der Waals surface area contributed by atoms with Gasteiger partial charge in [-0.3, -0.25) is 13.9 Å². The van der Waals surface area contributed by atoms with Gasteiger partial charge in [-0.1, -0.05) is 73.9 Å². The van der Waals surface area contributed by atoms with Crippen molar-refractivity contribution in [2.45, 2.75) is 64.4 Å². The molecule has 3 rings (SSSR count). The van der Waals surface area contributed by atoms with Gasteiger partial charge in [-0.2, -0.15) is 0 Å². The lowest BCUT2D eigenvalue weighted by Crippen LogP contribution is -2.52. The van der Waals surface area contributed by atoms with Gasteiger partial charge in [0.1, 0.15) is 18.3 Å².